The summed E-state index contributed by atoms with van der Waals surface area (Å²) in [4.78, 5) is 48.3. The van der Waals surface area contributed by atoms with Gasteiger partial charge in [0.2, 0.25) is 17.7 Å². The predicted molar refractivity (Wildman–Crippen MR) is 103 cm³/mol. The number of carboxylic acid groups (broad SMARTS) is 1. The van der Waals surface area contributed by atoms with E-state index in [0.717, 1.165) is 0 Å². The Bertz CT molecular complexity index is 566. The highest BCUT2D eigenvalue weighted by Crippen LogP contribution is 2.11. The molecular weight excluding hydrogens is 368 g/mol. The molecule has 0 aliphatic heterocycles. The summed E-state index contributed by atoms with van der Waals surface area (Å²) in [5.41, 5.74) is 5.60. The van der Waals surface area contributed by atoms with Crippen LogP contribution in [0.25, 0.3) is 0 Å². The quantitative estimate of drug-likeness (QED) is 0.256. The van der Waals surface area contributed by atoms with E-state index >= 15 is 0 Å². The van der Waals surface area contributed by atoms with Crippen molar-refractivity contribution in [1.29, 1.82) is 0 Å². The van der Waals surface area contributed by atoms with Crippen molar-refractivity contribution in [2.75, 3.05) is 0 Å². The van der Waals surface area contributed by atoms with Gasteiger partial charge >= 0.3 is 5.97 Å². The number of hydrogen-bond donors (Lipinski definition) is 6. The molecule has 28 heavy (non-hydrogen) atoms. The molecular formula is C18H34N4O6. The number of carboxylic acids is 1. The van der Waals surface area contributed by atoms with E-state index in [1.807, 2.05) is 6.92 Å². The van der Waals surface area contributed by atoms with Crippen molar-refractivity contribution < 1.29 is 29.4 Å². The zero-order valence-corrected chi connectivity index (χ0v) is 17.4. The molecule has 6 atom stereocenters. The van der Waals surface area contributed by atoms with Crippen molar-refractivity contribution in [3.05, 3.63) is 0 Å². The number of carbonyl (C=O) groups is 4. The SMILES string of the molecule is CC[C@H](C)[C@H](NC(=O)[C@@H](NC(=O)[C@@H](N)[C@@H](C)O)C(C)C)C(=O)N[C@@H](C)C(=O)O. The molecule has 0 radical (unpaired) electrons. The maximum absolute atomic E-state index is 12.7. The van der Waals surface area contributed by atoms with Crippen LogP contribution in [0.15, 0.2) is 0 Å². The molecule has 0 spiro atoms. The van der Waals surface area contributed by atoms with E-state index in [1.165, 1.54) is 13.8 Å². The van der Waals surface area contributed by atoms with Gasteiger partial charge in [-0.25, -0.2) is 0 Å². The lowest BCUT2D eigenvalue weighted by molar-refractivity contribution is -0.142. The molecule has 0 saturated heterocycles. The summed E-state index contributed by atoms with van der Waals surface area (Å²) in [5, 5.41) is 25.9. The van der Waals surface area contributed by atoms with Crippen LogP contribution >= 0.6 is 0 Å². The zero-order chi connectivity index (χ0) is 22.2. The summed E-state index contributed by atoms with van der Waals surface area (Å²) < 4.78 is 0. The van der Waals surface area contributed by atoms with Gasteiger partial charge in [0.05, 0.1) is 6.10 Å². The van der Waals surface area contributed by atoms with Gasteiger partial charge in [-0.15, -0.1) is 0 Å². The molecule has 0 aliphatic carbocycles. The second-order valence-electron chi connectivity index (χ2n) is 7.44. The van der Waals surface area contributed by atoms with Crippen LogP contribution in [0.3, 0.4) is 0 Å². The van der Waals surface area contributed by atoms with Gasteiger partial charge in [0.25, 0.3) is 0 Å². The molecule has 10 heteroatoms. The Hall–Kier alpha value is -2.20. The van der Waals surface area contributed by atoms with Crippen molar-refractivity contribution in [3.8, 4) is 0 Å². The second kappa shape index (κ2) is 11.6. The molecule has 7 N–H and O–H groups in total. The first-order valence-corrected chi connectivity index (χ1v) is 9.40. The number of amides is 3. The molecule has 0 aromatic carbocycles. The largest absolute Gasteiger partial charge is 0.480 e. The van der Waals surface area contributed by atoms with Gasteiger partial charge in [0, 0.05) is 0 Å². The van der Waals surface area contributed by atoms with Gasteiger partial charge in [0.1, 0.15) is 24.2 Å². The van der Waals surface area contributed by atoms with Crippen LogP contribution in [-0.2, 0) is 19.2 Å². The first-order chi connectivity index (χ1) is 12.8. The van der Waals surface area contributed by atoms with Crippen molar-refractivity contribution in [2.45, 2.75) is 78.2 Å². The Morgan fingerprint density at radius 1 is 0.857 bits per heavy atom. The fraction of sp³-hybridized carbons (Fsp3) is 0.778. The molecule has 0 fully saturated rings. The number of nitrogens with one attached hydrogen (secondary N) is 3. The molecule has 162 valence electrons. The Balaban J connectivity index is 5.35. The Morgan fingerprint density at radius 3 is 1.71 bits per heavy atom. The van der Waals surface area contributed by atoms with Crippen molar-refractivity contribution in [2.24, 2.45) is 17.6 Å². The molecule has 0 bridgehead atoms. The summed E-state index contributed by atoms with van der Waals surface area (Å²) in [7, 11) is 0. The summed E-state index contributed by atoms with van der Waals surface area (Å²) in [6.07, 6.45) is -0.530. The standard InChI is InChI=1S/C18H34N4O6/c1-7-9(4)14(17(26)20-10(5)18(27)28)22-16(25)13(8(2)3)21-15(24)12(19)11(6)23/h8-14,23H,7,19H2,1-6H3,(H,20,26)(H,21,24)(H,22,25)(H,27,28)/t9-,10-,11+,12-,13-,14-/m0/s1. The molecule has 0 aromatic heterocycles. The van der Waals surface area contributed by atoms with Crippen molar-refractivity contribution in [1.82, 2.24) is 16.0 Å². The average molecular weight is 402 g/mol. The lowest BCUT2D eigenvalue weighted by atomic mass is 9.96. The van der Waals surface area contributed by atoms with E-state index in [-0.39, 0.29) is 11.8 Å². The summed E-state index contributed by atoms with van der Waals surface area (Å²) in [6, 6.07) is -4.25. The topological polar surface area (TPSA) is 171 Å². The first-order valence-electron chi connectivity index (χ1n) is 9.40. The molecule has 0 heterocycles. The molecule has 0 aliphatic rings. The number of aliphatic hydroxyl groups is 1. The minimum atomic E-state index is -1.20. The third-order valence-corrected chi connectivity index (χ3v) is 4.59. The van der Waals surface area contributed by atoms with E-state index in [4.69, 9.17) is 10.8 Å². The third-order valence-electron chi connectivity index (χ3n) is 4.59. The van der Waals surface area contributed by atoms with Crippen LogP contribution in [0.2, 0.25) is 0 Å². The van der Waals surface area contributed by atoms with Crippen molar-refractivity contribution >= 4 is 23.7 Å². The number of aliphatic hydroxyl groups excluding tert-OH is 1. The van der Waals surface area contributed by atoms with Crippen molar-refractivity contribution in [3.63, 3.8) is 0 Å². The molecule has 10 nitrogen and oxygen atoms in total. The van der Waals surface area contributed by atoms with Crippen LogP contribution in [0.4, 0.5) is 0 Å². The highest BCUT2D eigenvalue weighted by molar-refractivity contribution is 5.94. The lowest BCUT2D eigenvalue weighted by Crippen LogP contribution is -2.60. The maximum Gasteiger partial charge on any atom is 0.325 e. The first kappa shape index (κ1) is 25.8. The van der Waals surface area contributed by atoms with Gasteiger partial charge in [-0.1, -0.05) is 34.1 Å². The monoisotopic (exact) mass is 402 g/mol. The van der Waals surface area contributed by atoms with E-state index in [0.29, 0.717) is 6.42 Å². The van der Waals surface area contributed by atoms with Gasteiger partial charge in [-0.3, -0.25) is 19.2 Å². The Morgan fingerprint density at radius 2 is 1.32 bits per heavy atom. The minimum absolute atomic E-state index is 0.270. The molecule has 3 amide bonds. The van der Waals surface area contributed by atoms with Gasteiger partial charge in [-0.05, 0) is 25.7 Å². The van der Waals surface area contributed by atoms with Crippen LogP contribution in [-0.4, -0.2) is 64.2 Å². The summed E-state index contributed by atoms with van der Waals surface area (Å²) in [6.45, 7) is 9.70. The number of rotatable bonds is 11. The predicted octanol–water partition coefficient (Wildman–Crippen LogP) is -1.04. The Kier molecular flexibility index (Phi) is 10.7. The van der Waals surface area contributed by atoms with E-state index < -0.39 is 54.0 Å². The van der Waals surface area contributed by atoms with E-state index in [2.05, 4.69) is 16.0 Å². The molecule has 0 rings (SSSR count). The van der Waals surface area contributed by atoms with Crippen LogP contribution in [0.1, 0.15) is 48.0 Å². The van der Waals surface area contributed by atoms with Gasteiger partial charge in [0.15, 0.2) is 0 Å². The highest BCUT2D eigenvalue weighted by Gasteiger charge is 2.33. The zero-order valence-electron chi connectivity index (χ0n) is 17.4. The lowest BCUT2D eigenvalue weighted by Gasteiger charge is -2.29. The molecule has 0 aromatic rings. The number of hydrogen-bond acceptors (Lipinski definition) is 6. The van der Waals surface area contributed by atoms with Crippen LogP contribution in [0, 0.1) is 11.8 Å². The van der Waals surface area contributed by atoms with Gasteiger partial charge < -0.3 is 31.9 Å². The fourth-order valence-corrected chi connectivity index (χ4v) is 2.31. The molecule has 0 unspecified atom stereocenters. The number of nitrogens with two attached hydrogens (primary N) is 1. The molecule has 0 saturated carbocycles. The normalized spacial score (nSPS) is 17.6. The Labute approximate surface area is 165 Å². The smallest absolute Gasteiger partial charge is 0.325 e. The average Bonchev–Trinajstić information content (AvgIpc) is 2.61. The minimum Gasteiger partial charge on any atom is -0.480 e. The van der Waals surface area contributed by atoms with E-state index in [1.54, 1.807) is 20.8 Å². The fourth-order valence-electron chi connectivity index (χ4n) is 2.31. The summed E-state index contributed by atoms with van der Waals surface area (Å²) in [5.74, 6) is -3.68. The van der Waals surface area contributed by atoms with Crippen LogP contribution < -0.4 is 21.7 Å². The summed E-state index contributed by atoms with van der Waals surface area (Å²) >= 11 is 0. The van der Waals surface area contributed by atoms with Crippen LogP contribution in [0.5, 0.6) is 0 Å². The van der Waals surface area contributed by atoms with E-state index in [9.17, 15) is 24.3 Å². The van der Waals surface area contributed by atoms with Gasteiger partial charge in [-0.2, -0.15) is 0 Å². The second-order valence-corrected chi connectivity index (χ2v) is 7.44. The maximum atomic E-state index is 12.7. The number of aliphatic carboxylic acids is 1. The highest BCUT2D eigenvalue weighted by atomic mass is 16.4. The third kappa shape index (κ3) is 7.81. The number of carbonyl (C=O) groups excluding carboxylic acids is 3.